The lowest BCUT2D eigenvalue weighted by molar-refractivity contribution is -0.116. The zero-order chi connectivity index (χ0) is 20.1. The van der Waals surface area contributed by atoms with Crippen LogP contribution in [0.25, 0.3) is 0 Å². The van der Waals surface area contributed by atoms with Crippen molar-refractivity contribution in [1.82, 2.24) is 4.90 Å². The first-order valence-electron chi connectivity index (χ1n) is 10.4. The smallest absolute Gasteiger partial charge is 0.236 e. The fourth-order valence-electron chi connectivity index (χ4n) is 4.13. The predicted octanol–water partition coefficient (Wildman–Crippen LogP) is 4.52. The normalized spacial score (nSPS) is 17.9. The van der Waals surface area contributed by atoms with Gasteiger partial charge >= 0.3 is 0 Å². The summed E-state index contributed by atoms with van der Waals surface area (Å²) in [4.78, 5) is 19.5. The van der Waals surface area contributed by atoms with E-state index < -0.39 is 0 Å². The molecule has 1 fully saturated rings. The van der Waals surface area contributed by atoms with Crippen molar-refractivity contribution in [3.8, 4) is 0 Å². The van der Waals surface area contributed by atoms with Crippen LogP contribution in [-0.4, -0.2) is 55.8 Å². The van der Waals surface area contributed by atoms with Crippen molar-refractivity contribution in [2.24, 2.45) is 0 Å². The molecule has 1 saturated heterocycles. The Kier molecular flexibility index (Phi) is 7.01. The maximum absolute atomic E-state index is 12.5. The highest BCUT2D eigenvalue weighted by atomic mass is 35.5. The summed E-state index contributed by atoms with van der Waals surface area (Å²) < 4.78 is 0. The van der Waals surface area contributed by atoms with Crippen molar-refractivity contribution < 1.29 is 4.79 Å². The van der Waals surface area contributed by atoms with Crippen molar-refractivity contribution in [1.29, 1.82) is 0 Å². The highest BCUT2D eigenvalue weighted by Crippen LogP contribution is 2.29. The average Bonchev–Trinajstić information content (AvgIpc) is 2.90. The van der Waals surface area contributed by atoms with Crippen LogP contribution in [0.2, 0.25) is 5.02 Å². The van der Waals surface area contributed by atoms with Gasteiger partial charge in [-0.05, 0) is 43.1 Å². The lowest BCUT2D eigenvalue weighted by Crippen LogP contribution is -2.46. The minimum Gasteiger partial charge on any atom is -0.368 e. The number of rotatable bonds is 6. The Morgan fingerprint density at radius 2 is 1.52 bits per heavy atom. The number of carbonyl (C=O) groups excluding carboxylic acids is 1. The summed E-state index contributed by atoms with van der Waals surface area (Å²) in [5.41, 5.74) is 3.53. The number of nitrogens with zero attached hydrogens (tertiary/aromatic N) is 3. The average molecular weight is 430 g/mol. The molecule has 2 aliphatic heterocycles. The van der Waals surface area contributed by atoms with E-state index in [-0.39, 0.29) is 5.91 Å². The van der Waals surface area contributed by atoms with E-state index in [2.05, 4.69) is 34.1 Å². The van der Waals surface area contributed by atoms with Crippen LogP contribution in [0, 0.1) is 0 Å². The Hall–Kier alpha value is -1.69. The zero-order valence-corrected chi connectivity index (χ0v) is 18.3. The largest absolute Gasteiger partial charge is 0.368 e. The lowest BCUT2D eigenvalue weighted by atomic mass is 10.1. The first-order chi connectivity index (χ1) is 14.2. The molecule has 4 nitrogen and oxygen atoms in total. The minimum atomic E-state index is 0.244. The van der Waals surface area contributed by atoms with E-state index >= 15 is 0 Å². The number of benzene rings is 2. The van der Waals surface area contributed by atoms with Crippen molar-refractivity contribution in [3.05, 3.63) is 59.1 Å². The molecule has 2 aromatic carbocycles. The first-order valence-corrected chi connectivity index (χ1v) is 11.9. The minimum absolute atomic E-state index is 0.244. The van der Waals surface area contributed by atoms with Gasteiger partial charge in [0.1, 0.15) is 0 Å². The van der Waals surface area contributed by atoms with Gasteiger partial charge in [-0.2, -0.15) is 0 Å². The van der Waals surface area contributed by atoms with E-state index in [0.717, 1.165) is 74.3 Å². The molecule has 0 spiro atoms. The summed E-state index contributed by atoms with van der Waals surface area (Å²) in [5, 5.41) is 0.835. The SMILES string of the molecule is O=C1CSCc2ccccc2N1CCCCN1CCN(c2ccccc2Cl)CC1. The van der Waals surface area contributed by atoms with Crippen LogP contribution in [-0.2, 0) is 10.5 Å². The van der Waals surface area contributed by atoms with Gasteiger partial charge in [0.25, 0.3) is 0 Å². The van der Waals surface area contributed by atoms with E-state index in [1.807, 2.05) is 29.2 Å². The second-order valence-corrected chi connectivity index (χ2v) is 9.05. The number of thioether (sulfide) groups is 1. The van der Waals surface area contributed by atoms with E-state index in [9.17, 15) is 4.79 Å². The highest BCUT2D eigenvalue weighted by Gasteiger charge is 2.22. The number of hydrogen-bond acceptors (Lipinski definition) is 4. The third-order valence-electron chi connectivity index (χ3n) is 5.74. The second kappa shape index (κ2) is 9.88. The maximum atomic E-state index is 12.5. The van der Waals surface area contributed by atoms with Crippen molar-refractivity contribution >= 4 is 40.6 Å². The lowest BCUT2D eigenvalue weighted by Gasteiger charge is -2.36. The van der Waals surface area contributed by atoms with Gasteiger partial charge in [0, 0.05) is 44.2 Å². The number of para-hydroxylation sites is 2. The molecule has 0 atom stereocenters. The van der Waals surface area contributed by atoms with Crippen LogP contribution in [0.3, 0.4) is 0 Å². The van der Waals surface area contributed by atoms with E-state index in [1.165, 1.54) is 5.56 Å². The van der Waals surface area contributed by atoms with Crippen LogP contribution in [0.5, 0.6) is 0 Å². The Morgan fingerprint density at radius 1 is 0.828 bits per heavy atom. The Bertz CT molecular complexity index is 838. The Balaban J connectivity index is 1.23. The van der Waals surface area contributed by atoms with Crippen LogP contribution >= 0.6 is 23.4 Å². The number of fused-ring (bicyclic) bond motifs is 1. The molecular weight excluding hydrogens is 402 g/mol. The van der Waals surface area contributed by atoms with Crippen molar-refractivity contribution in [2.45, 2.75) is 18.6 Å². The third kappa shape index (κ3) is 5.08. The monoisotopic (exact) mass is 429 g/mol. The molecule has 0 aliphatic carbocycles. The topological polar surface area (TPSA) is 26.8 Å². The van der Waals surface area contributed by atoms with Crippen LogP contribution < -0.4 is 9.80 Å². The maximum Gasteiger partial charge on any atom is 0.236 e. The third-order valence-corrected chi connectivity index (χ3v) is 7.02. The number of anilines is 2. The molecule has 0 N–H and O–H groups in total. The summed E-state index contributed by atoms with van der Waals surface area (Å²) in [5.74, 6) is 1.75. The summed E-state index contributed by atoms with van der Waals surface area (Å²) in [7, 11) is 0. The fourth-order valence-corrected chi connectivity index (χ4v) is 5.28. The molecule has 6 heteroatoms. The van der Waals surface area contributed by atoms with Gasteiger partial charge in [0.2, 0.25) is 5.91 Å². The van der Waals surface area contributed by atoms with Crippen LogP contribution in [0.1, 0.15) is 18.4 Å². The van der Waals surface area contributed by atoms with Gasteiger partial charge in [-0.3, -0.25) is 9.69 Å². The zero-order valence-electron chi connectivity index (χ0n) is 16.7. The molecule has 29 heavy (non-hydrogen) atoms. The molecule has 4 rings (SSSR count). The molecule has 2 aliphatic rings. The van der Waals surface area contributed by atoms with E-state index in [4.69, 9.17) is 11.6 Å². The van der Waals surface area contributed by atoms with E-state index in [0.29, 0.717) is 5.75 Å². The molecule has 154 valence electrons. The van der Waals surface area contributed by atoms with E-state index in [1.54, 1.807) is 11.8 Å². The fraction of sp³-hybridized carbons (Fsp3) is 0.435. The number of halogens is 1. The molecule has 1 amide bonds. The van der Waals surface area contributed by atoms with Crippen LogP contribution in [0.4, 0.5) is 11.4 Å². The van der Waals surface area contributed by atoms with Gasteiger partial charge in [0.05, 0.1) is 16.5 Å². The van der Waals surface area contributed by atoms with Gasteiger partial charge < -0.3 is 9.80 Å². The number of unbranched alkanes of at least 4 members (excludes halogenated alkanes) is 1. The van der Waals surface area contributed by atoms with Crippen molar-refractivity contribution in [3.63, 3.8) is 0 Å². The molecule has 2 heterocycles. The molecule has 0 radical (unpaired) electrons. The summed E-state index contributed by atoms with van der Waals surface area (Å²) in [6, 6.07) is 16.4. The quantitative estimate of drug-likeness (QED) is 0.630. The summed E-state index contributed by atoms with van der Waals surface area (Å²) in [6.07, 6.45) is 2.15. The van der Waals surface area contributed by atoms with Gasteiger partial charge in [0.15, 0.2) is 0 Å². The standard InChI is InChI=1S/C23H28ClN3OS/c24-20-8-2-4-10-22(20)26-15-13-25(14-16-26)11-5-6-12-27-21-9-3-1-7-19(21)17-29-18-23(27)28/h1-4,7-10H,5-6,11-18H2. The first kappa shape index (κ1) is 20.6. The molecule has 0 unspecified atom stereocenters. The summed E-state index contributed by atoms with van der Waals surface area (Å²) in [6.45, 7) is 6.06. The Morgan fingerprint density at radius 3 is 2.31 bits per heavy atom. The molecule has 0 saturated carbocycles. The van der Waals surface area contributed by atoms with Crippen molar-refractivity contribution in [2.75, 3.05) is 54.8 Å². The van der Waals surface area contributed by atoms with Gasteiger partial charge in [-0.15, -0.1) is 11.8 Å². The predicted molar refractivity (Wildman–Crippen MR) is 124 cm³/mol. The molecular formula is C23H28ClN3OS. The number of amides is 1. The highest BCUT2D eigenvalue weighted by molar-refractivity contribution is 7.99. The number of hydrogen-bond donors (Lipinski definition) is 0. The van der Waals surface area contributed by atoms with Crippen LogP contribution in [0.15, 0.2) is 48.5 Å². The Labute approximate surface area is 182 Å². The summed E-state index contributed by atoms with van der Waals surface area (Å²) >= 11 is 8.06. The second-order valence-electron chi connectivity index (χ2n) is 7.65. The van der Waals surface area contributed by atoms with Gasteiger partial charge in [-0.25, -0.2) is 0 Å². The molecule has 0 bridgehead atoms. The number of piperazine rings is 1. The molecule has 0 aromatic heterocycles. The molecule has 2 aromatic rings. The number of carbonyl (C=O) groups is 1. The van der Waals surface area contributed by atoms with Gasteiger partial charge in [-0.1, -0.05) is 41.9 Å².